The summed E-state index contributed by atoms with van der Waals surface area (Å²) in [6.45, 7) is 2.04. The van der Waals surface area contributed by atoms with Gasteiger partial charge in [-0.05, 0) is 37.9 Å². The zero-order valence-electron chi connectivity index (χ0n) is 8.61. The largest absolute Gasteiger partial charge is 0.397 e. The highest BCUT2D eigenvalue weighted by Crippen LogP contribution is 2.29. The molecule has 0 unspecified atom stereocenters. The van der Waals surface area contributed by atoms with E-state index in [2.05, 4.69) is 16.9 Å². The van der Waals surface area contributed by atoms with E-state index in [-0.39, 0.29) is 0 Å². The summed E-state index contributed by atoms with van der Waals surface area (Å²) in [4.78, 5) is 6.58. The lowest BCUT2D eigenvalue weighted by Crippen LogP contribution is -2.21. The van der Waals surface area contributed by atoms with Gasteiger partial charge in [-0.1, -0.05) is 0 Å². The molecule has 1 fully saturated rings. The van der Waals surface area contributed by atoms with E-state index in [9.17, 15) is 0 Å². The lowest BCUT2D eigenvalue weighted by atomic mass is 10.3. The van der Waals surface area contributed by atoms with Crippen LogP contribution in [0, 0.1) is 5.92 Å². The molecule has 0 bridgehead atoms. The molecule has 0 aliphatic heterocycles. The van der Waals surface area contributed by atoms with Crippen molar-refractivity contribution in [2.45, 2.75) is 19.4 Å². The molecule has 2 N–H and O–H groups in total. The van der Waals surface area contributed by atoms with Crippen LogP contribution in [0.1, 0.15) is 18.5 Å². The van der Waals surface area contributed by atoms with Gasteiger partial charge >= 0.3 is 0 Å². The van der Waals surface area contributed by atoms with Gasteiger partial charge in [-0.2, -0.15) is 0 Å². The fraction of sp³-hybridized carbons (Fsp3) is 0.545. The average molecular weight is 191 g/mol. The molecule has 1 heterocycles. The molecule has 1 aliphatic rings. The maximum absolute atomic E-state index is 5.83. The van der Waals surface area contributed by atoms with E-state index in [0.717, 1.165) is 23.8 Å². The van der Waals surface area contributed by atoms with Crippen molar-refractivity contribution < 1.29 is 0 Å². The number of nitrogen functional groups attached to an aromatic ring is 1. The summed E-state index contributed by atoms with van der Waals surface area (Å²) in [5.41, 5.74) is 7.62. The summed E-state index contributed by atoms with van der Waals surface area (Å²) < 4.78 is 0. The van der Waals surface area contributed by atoms with E-state index in [1.807, 2.05) is 12.1 Å². The van der Waals surface area contributed by atoms with Crippen LogP contribution in [0.4, 0.5) is 5.69 Å². The van der Waals surface area contributed by atoms with Crippen LogP contribution in [0.3, 0.4) is 0 Å². The molecule has 0 saturated heterocycles. The Morgan fingerprint density at radius 2 is 2.36 bits per heavy atom. The number of pyridine rings is 1. The van der Waals surface area contributed by atoms with Gasteiger partial charge in [0.1, 0.15) is 0 Å². The first-order valence-corrected chi connectivity index (χ1v) is 5.13. The van der Waals surface area contributed by atoms with Gasteiger partial charge in [0, 0.05) is 19.3 Å². The van der Waals surface area contributed by atoms with Crippen molar-refractivity contribution in [3.8, 4) is 0 Å². The van der Waals surface area contributed by atoms with Gasteiger partial charge in [-0.3, -0.25) is 4.98 Å². The molecule has 0 radical (unpaired) electrons. The fourth-order valence-electron chi connectivity index (χ4n) is 1.64. The summed E-state index contributed by atoms with van der Waals surface area (Å²) in [5, 5.41) is 0. The van der Waals surface area contributed by atoms with E-state index >= 15 is 0 Å². The number of hydrogen-bond donors (Lipinski definition) is 1. The molecular weight excluding hydrogens is 174 g/mol. The van der Waals surface area contributed by atoms with Crippen LogP contribution >= 0.6 is 0 Å². The molecule has 14 heavy (non-hydrogen) atoms. The molecule has 0 amide bonds. The number of nitrogens with zero attached hydrogens (tertiary/aromatic N) is 2. The van der Waals surface area contributed by atoms with Gasteiger partial charge in [-0.15, -0.1) is 0 Å². The van der Waals surface area contributed by atoms with Crippen molar-refractivity contribution in [3.63, 3.8) is 0 Å². The Morgan fingerprint density at radius 1 is 1.57 bits per heavy atom. The van der Waals surface area contributed by atoms with E-state index < -0.39 is 0 Å². The molecule has 1 aromatic rings. The number of aromatic nitrogens is 1. The molecule has 3 nitrogen and oxygen atoms in total. The van der Waals surface area contributed by atoms with Crippen LogP contribution < -0.4 is 5.73 Å². The van der Waals surface area contributed by atoms with Crippen molar-refractivity contribution in [1.82, 2.24) is 9.88 Å². The molecule has 1 saturated carbocycles. The van der Waals surface area contributed by atoms with E-state index in [4.69, 9.17) is 5.73 Å². The molecule has 0 spiro atoms. The average Bonchev–Trinajstić information content (AvgIpc) is 2.93. The second-order valence-corrected chi connectivity index (χ2v) is 4.18. The standard InChI is InChI=1S/C11H17N3/c1-14(7-9-4-5-9)8-11-10(12)3-2-6-13-11/h2-3,6,9H,4-5,7-8,12H2,1H3. The van der Waals surface area contributed by atoms with Gasteiger partial charge in [0.05, 0.1) is 11.4 Å². The van der Waals surface area contributed by atoms with Crippen LogP contribution in [0.15, 0.2) is 18.3 Å². The lowest BCUT2D eigenvalue weighted by Gasteiger charge is -2.16. The second kappa shape index (κ2) is 3.96. The first-order chi connectivity index (χ1) is 6.75. The van der Waals surface area contributed by atoms with Crippen molar-refractivity contribution in [2.75, 3.05) is 19.3 Å². The molecule has 1 aromatic heterocycles. The first-order valence-electron chi connectivity index (χ1n) is 5.13. The molecule has 0 aromatic carbocycles. The predicted octanol–water partition coefficient (Wildman–Crippen LogP) is 1.51. The Morgan fingerprint density at radius 3 is 3.00 bits per heavy atom. The lowest BCUT2D eigenvalue weighted by molar-refractivity contribution is 0.310. The smallest absolute Gasteiger partial charge is 0.0772 e. The topological polar surface area (TPSA) is 42.2 Å². The minimum atomic E-state index is 0.801. The molecule has 1 aliphatic carbocycles. The normalized spacial score (nSPS) is 16.1. The van der Waals surface area contributed by atoms with Gasteiger partial charge in [-0.25, -0.2) is 0 Å². The first kappa shape index (κ1) is 9.46. The molecular formula is C11H17N3. The SMILES string of the molecule is CN(Cc1ncccc1N)CC1CC1. The Balaban J connectivity index is 1.91. The van der Waals surface area contributed by atoms with Crippen molar-refractivity contribution in [3.05, 3.63) is 24.0 Å². The van der Waals surface area contributed by atoms with Gasteiger partial charge in [0.25, 0.3) is 0 Å². The number of rotatable bonds is 4. The predicted molar refractivity (Wildman–Crippen MR) is 57.7 cm³/mol. The molecule has 76 valence electrons. The Labute approximate surface area is 84.9 Å². The zero-order valence-corrected chi connectivity index (χ0v) is 8.61. The molecule has 3 heteroatoms. The summed E-state index contributed by atoms with van der Waals surface area (Å²) in [5.74, 6) is 0.921. The summed E-state index contributed by atoms with van der Waals surface area (Å²) >= 11 is 0. The van der Waals surface area contributed by atoms with E-state index in [1.54, 1.807) is 6.20 Å². The highest BCUT2D eigenvalue weighted by atomic mass is 15.1. The summed E-state index contributed by atoms with van der Waals surface area (Å²) in [7, 11) is 2.13. The second-order valence-electron chi connectivity index (χ2n) is 4.18. The van der Waals surface area contributed by atoms with Gasteiger partial charge in [0.2, 0.25) is 0 Å². The highest BCUT2D eigenvalue weighted by molar-refractivity contribution is 5.41. The quantitative estimate of drug-likeness (QED) is 0.784. The van der Waals surface area contributed by atoms with Crippen molar-refractivity contribution >= 4 is 5.69 Å². The summed E-state index contributed by atoms with van der Waals surface area (Å²) in [6, 6.07) is 3.78. The maximum atomic E-state index is 5.83. The van der Waals surface area contributed by atoms with Crippen LogP contribution in [0.2, 0.25) is 0 Å². The number of hydrogen-bond acceptors (Lipinski definition) is 3. The monoisotopic (exact) mass is 191 g/mol. The highest BCUT2D eigenvalue weighted by Gasteiger charge is 2.22. The third-order valence-corrected chi connectivity index (χ3v) is 2.61. The van der Waals surface area contributed by atoms with Crippen LogP contribution in [0.5, 0.6) is 0 Å². The van der Waals surface area contributed by atoms with Crippen molar-refractivity contribution in [2.24, 2.45) is 5.92 Å². The van der Waals surface area contributed by atoms with E-state index in [1.165, 1.54) is 19.4 Å². The van der Waals surface area contributed by atoms with Gasteiger partial charge in [0.15, 0.2) is 0 Å². The van der Waals surface area contributed by atoms with E-state index in [0.29, 0.717) is 0 Å². The Hall–Kier alpha value is -1.09. The third-order valence-electron chi connectivity index (χ3n) is 2.61. The minimum Gasteiger partial charge on any atom is -0.397 e. The zero-order chi connectivity index (χ0) is 9.97. The van der Waals surface area contributed by atoms with Crippen LogP contribution in [-0.4, -0.2) is 23.5 Å². The third kappa shape index (κ3) is 2.45. The van der Waals surface area contributed by atoms with Crippen molar-refractivity contribution in [1.29, 1.82) is 0 Å². The van der Waals surface area contributed by atoms with Crippen LogP contribution in [0.25, 0.3) is 0 Å². The fourth-order valence-corrected chi connectivity index (χ4v) is 1.64. The maximum Gasteiger partial charge on any atom is 0.0772 e. The summed E-state index contributed by atoms with van der Waals surface area (Å²) in [6.07, 6.45) is 4.58. The Bertz CT molecular complexity index is 307. The molecule has 0 atom stereocenters. The molecule has 2 rings (SSSR count). The minimum absolute atomic E-state index is 0.801. The van der Waals surface area contributed by atoms with Crippen LogP contribution in [-0.2, 0) is 6.54 Å². The number of anilines is 1. The van der Waals surface area contributed by atoms with Gasteiger partial charge < -0.3 is 10.6 Å². The Kier molecular flexibility index (Phi) is 2.68. The number of nitrogens with two attached hydrogens (primary N) is 1.